The molecule has 5 heteroatoms. The molecular weight excluding hydrogens is 326 g/mol. The van der Waals surface area contributed by atoms with Crippen LogP contribution in [0, 0.1) is 0 Å². The lowest BCUT2D eigenvalue weighted by atomic mass is 9.93. The third kappa shape index (κ3) is 3.02. The summed E-state index contributed by atoms with van der Waals surface area (Å²) in [5.41, 5.74) is 2.87. The molecule has 0 radical (unpaired) electrons. The molecular formula is C19H18ClNO3. The van der Waals surface area contributed by atoms with Gasteiger partial charge >= 0.3 is 5.97 Å². The molecule has 0 aliphatic carbocycles. The van der Waals surface area contributed by atoms with Gasteiger partial charge in [-0.15, -0.1) is 0 Å². The number of halogens is 1. The van der Waals surface area contributed by atoms with E-state index < -0.39 is 5.97 Å². The SMILES string of the molecule is C[C@H]1c2ccccc2CCN1C(=O)Cc1c(Cl)cccc1C(=O)O. The molecule has 0 saturated heterocycles. The number of hydrogen-bond acceptors (Lipinski definition) is 2. The van der Waals surface area contributed by atoms with Crippen LogP contribution in [0.3, 0.4) is 0 Å². The largest absolute Gasteiger partial charge is 0.478 e. The highest BCUT2D eigenvalue weighted by Gasteiger charge is 2.28. The Labute approximate surface area is 145 Å². The van der Waals surface area contributed by atoms with Gasteiger partial charge in [0, 0.05) is 11.6 Å². The lowest BCUT2D eigenvalue weighted by Crippen LogP contribution is -2.39. The van der Waals surface area contributed by atoms with Gasteiger partial charge in [0.2, 0.25) is 5.91 Å². The second-order valence-corrected chi connectivity index (χ2v) is 6.37. The van der Waals surface area contributed by atoms with Crippen molar-refractivity contribution in [3.63, 3.8) is 0 Å². The van der Waals surface area contributed by atoms with Crippen LogP contribution >= 0.6 is 11.6 Å². The van der Waals surface area contributed by atoms with Gasteiger partial charge in [-0.3, -0.25) is 4.79 Å². The molecule has 124 valence electrons. The third-order valence-electron chi connectivity index (χ3n) is 4.59. The van der Waals surface area contributed by atoms with Gasteiger partial charge in [-0.1, -0.05) is 41.9 Å². The minimum atomic E-state index is -1.07. The summed E-state index contributed by atoms with van der Waals surface area (Å²) in [6.07, 6.45) is 0.800. The fourth-order valence-electron chi connectivity index (χ4n) is 3.30. The number of carboxylic acids is 1. The summed E-state index contributed by atoms with van der Waals surface area (Å²) in [5.74, 6) is -1.18. The Morgan fingerprint density at radius 2 is 1.96 bits per heavy atom. The van der Waals surface area contributed by atoms with Gasteiger partial charge < -0.3 is 10.0 Å². The van der Waals surface area contributed by atoms with E-state index in [-0.39, 0.29) is 23.9 Å². The molecule has 1 aliphatic rings. The monoisotopic (exact) mass is 343 g/mol. The summed E-state index contributed by atoms with van der Waals surface area (Å²) in [4.78, 5) is 26.0. The van der Waals surface area contributed by atoms with E-state index in [0.717, 1.165) is 12.0 Å². The third-order valence-corrected chi connectivity index (χ3v) is 4.95. The van der Waals surface area contributed by atoms with E-state index in [2.05, 4.69) is 6.07 Å². The van der Waals surface area contributed by atoms with Gasteiger partial charge in [-0.2, -0.15) is 0 Å². The highest BCUT2D eigenvalue weighted by atomic mass is 35.5. The normalized spacial score (nSPS) is 16.6. The molecule has 24 heavy (non-hydrogen) atoms. The van der Waals surface area contributed by atoms with Crippen LogP contribution < -0.4 is 0 Å². The second-order valence-electron chi connectivity index (χ2n) is 5.96. The van der Waals surface area contributed by atoms with Crippen molar-refractivity contribution in [3.05, 3.63) is 69.7 Å². The molecule has 0 unspecified atom stereocenters. The molecule has 1 aliphatic heterocycles. The summed E-state index contributed by atoms with van der Waals surface area (Å²) in [5, 5.41) is 9.63. The summed E-state index contributed by atoms with van der Waals surface area (Å²) in [6, 6.07) is 12.8. The molecule has 0 saturated carbocycles. The van der Waals surface area contributed by atoms with Crippen molar-refractivity contribution in [1.29, 1.82) is 0 Å². The summed E-state index contributed by atoms with van der Waals surface area (Å²) in [6.45, 7) is 2.63. The average molecular weight is 344 g/mol. The van der Waals surface area contributed by atoms with Crippen LogP contribution in [0.5, 0.6) is 0 Å². The van der Waals surface area contributed by atoms with Gasteiger partial charge in [-0.05, 0) is 42.2 Å². The smallest absolute Gasteiger partial charge is 0.336 e. The van der Waals surface area contributed by atoms with E-state index in [4.69, 9.17) is 11.6 Å². The maximum absolute atomic E-state index is 12.8. The second kappa shape index (κ2) is 6.65. The van der Waals surface area contributed by atoms with Gasteiger partial charge in [0.25, 0.3) is 0 Å². The molecule has 0 bridgehead atoms. The molecule has 4 nitrogen and oxygen atoms in total. The maximum atomic E-state index is 12.8. The lowest BCUT2D eigenvalue weighted by Gasteiger charge is -2.35. The van der Waals surface area contributed by atoms with Crippen LogP contribution in [0.25, 0.3) is 0 Å². The van der Waals surface area contributed by atoms with E-state index in [1.54, 1.807) is 17.0 Å². The van der Waals surface area contributed by atoms with Gasteiger partial charge in [-0.25, -0.2) is 4.79 Å². The number of nitrogens with zero attached hydrogens (tertiary/aromatic N) is 1. The Hall–Kier alpha value is -2.33. The van der Waals surface area contributed by atoms with Gasteiger partial charge in [0.15, 0.2) is 0 Å². The molecule has 1 amide bonds. The highest BCUT2D eigenvalue weighted by Crippen LogP contribution is 2.30. The summed E-state index contributed by atoms with van der Waals surface area (Å²) in [7, 11) is 0. The Kier molecular flexibility index (Phi) is 4.58. The summed E-state index contributed by atoms with van der Waals surface area (Å²) >= 11 is 6.14. The van der Waals surface area contributed by atoms with Crippen molar-refractivity contribution < 1.29 is 14.7 Å². The predicted octanol–water partition coefficient (Wildman–Crippen LogP) is 3.73. The van der Waals surface area contributed by atoms with Crippen molar-refractivity contribution >= 4 is 23.5 Å². The van der Waals surface area contributed by atoms with Crippen LogP contribution in [-0.2, 0) is 17.6 Å². The van der Waals surface area contributed by atoms with E-state index in [1.165, 1.54) is 11.6 Å². The quantitative estimate of drug-likeness (QED) is 0.923. The molecule has 2 aromatic carbocycles. The van der Waals surface area contributed by atoms with E-state index in [1.807, 2.05) is 25.1 Å². The van der Waals surface area contributed by atoms with E-state index in [0.29, 0.717) is 17.1 Å². The number of benzene rings is 2. The minimum absolute atomic E-state index is 0.00614. The summed E-state index contributed by atoms with van der Waals surface area (Å²) < 4.78 is 0. The lowest BCUT2D eigenvalue weighted by molar-refractivity contribution is -0.133. The standard InChI is InChI=1S/C19H18ClNO3/c1-12-14-6-3-2-5-13(14)9-10-21(12)18(22)11-16-15(19(23)24)7-4-8-17(16)20/h2-8,12H,9-11H2,1H3,(H,23,24)/t12-/m0/s1. The first kappa shape index (κ1) is 16.5. The molecule has 3 rings (SSSR count). The molecule has 0 spiro atoms. The fourth-order valence-corrected chi connectivity index (χ4v) is 3.55. The predicted molar refractivity (Wildman–Crippen MR) is 92.4 cm³/mol. The van der Waals surface area contributed by atoms with Crippen molar-refractivity contribution in [2.45, 2.75) is 25.8 Å². The van der Waals surface area contributed by atoms with Crippen LogP contribution in [-0.4, -0.2) is 28.4 Å². The van der Waals surface area contributed by atoms with Gasteiger partial charge in [0.1, 0.15) is 0 Å². The first-order chi connectivity index (χ1) is 11.5. The van der Waals surface area contributed by atoms with Crippen LogP contribution in [0.4, 0.5) is 0 Å². The zero-order chi connectivity index (χ0) is 17.3. The Morgan fingerprint density at radius 1 is 1.21 bits per heavy atom. The topological polar surface area (TPSA) is 57.6 Å². The number of carbonyl (C=O) groups excluding carboxylic acids is 1. The maximum Gasteiger partial charge on any atom is 0.336 e. The minimum Gasteiger partial charge on any atom is -0.478 e. The first-order valence-electron chi connectivity index (χ1n) is 7.87. The number of amides is 1. The molecule has 2 aromatic rings. The first-order valence-corrected chi connectivity index (χ1v) is 8.24. The zero-order valence-corrected chi connectivity index (χ0v) is 14.1. The number of carbonyl (C=O) groups is 2. The molecule has 1 atom stereocenters. The molecule has 0 fully saturated rings. The van der Waals surface area contributed by atoms with Crippen LogP contribution in [0.15, 0.2) is 42.5 Å². The molecule has 1 N–H and O–H groups in total. The number of aromatic carboxylic acids is 1. The van der Waals surface area contributed by atoms with Crippen LogP contribution in [0.2, 0.25) is 5.02 Å². The Morgan fingerprint density at radius 3 is 2.71 bits per heavy atom. The van der Waals surface area contributed by atoms with Crippen molar-refractivity contribution in [3.8, 4) is 0 Å². The van der Waals surface area contributed by atoms with Crippen molar-refractivity contribution in [2.75, 3.05) is 6.54 Å². The number of carboxylic acid groups (broad SMARTS) is 1. The van der Waals surface area contributed by atoms with E-state index in [9.17, 15) is 14.7 Å². The Balaban J connectivity index is 1.86. The molecule has 0 aromatic heterocycles. The number of hydrogen-bond donors (Lipinski definition) is 1. The zero-order valence-electron chi connectivity index (χ0n) is 13.3. The van der Waals surface area contributed by atoms with Crippen molar-refractivity contribution in [1.82, 2.24) is 4.90 Å². The highest BCUT2D eigenvalue weighted by molar-refractivity contribution is 6.32. The van der Waals surface area contributed by atoms with Crippen molar-refractivity contribution in [2.24, 2.45) is 0 Å². The van der Waals surface area contributed by atoms with Crippen LogP contribution in [0.1, 0.15) is 40.0 Å². The Bertz CT molecular complexity index is 803. The molecule has 1 heterocycles. The fraction of sp³-hybridized carbons (Fsp3) is 0.263. The van der Waals surface area contributed by atoms with Gasteiger partial charge in [0.05, 0.1) is 18.0 Å². The van der Waals surface area contributed by atoms with E-state index >= 15 is 0 Å². The average Bonchev–Trinajstić information content (AvgIpc) is 2.57. The number of rotatable bonds is 3. The number of fused-ring (bicyclic) bond motifs is 1.